The Kier molecular flexibility index (Phi) is 3.37. The van der Waals surface area contributed by atoms with Gasteiger partial charge in [0, 0.05) is 11.6 Å². The van der Waals surface area contributed by atoms with Crippen molar-refractivity contribution in [2.45, 2.75) is 6.92 Å². The number of hydrogen-bond donors (Lipinski definition) is 0. The molecule has 2 rings (SSSR count). The van der Waals surface area contributed by atoms with Crippen molar-refractivity contribution < 1.29 is 18.3 Å². The van der Waals surface area contributed by atoms with Crippen molar-refractivity contribution in [3.05, 3.63) is 59.7 Å². The molecule has 0 heterocycles. The van der Waals surface area contributed by atoms with Crippen molar-refractivity contribution in [3.63, 3.8) is 0 Å². The zero-order valence-corrected chi connectivity index (χ0v) is 9.61. The third kappa shape index (κ3) is 2.71. The number of ketones is 1. The first-order valence-electron chi connectivity index (χ1n) is 5.30. The van der Waals surface area contributed by atoms with Gasteiger partial charge in [-0.25, -0.2) is 8.78 Å². The van der Waals surface area contributed by atoms with Gasteiger partial charge in [0.1, 0.15) is 11.6 Å². The molecule has 0 saturated carbocycles. The summed E-state index contributed by atoms with van der Waals surface area (Å²) in [6.07, 6.45) is 0. The van der Waals surface area contributed by atoms with Crippen LogP contribution in [0.4, 0.5) is 8.78 Å². The van der Waals surface area contributed by atoms with Crippen LogP contribution in [0.1, 0.15) is 17.3 Å². The first kappa shape index (κ1) is 12.2. The molecule has 4 heteroatoms. The fourth-order valence-electron chi connectivity index (χ4n) is 1.44. The lowest BCUT2D eigenvalue weighted by atomic mass is 10.1. The highest BCUT2D eigenvalue weighted by Crippen LogP contribution is 2.25. The van der Waals surface area contributed by atoms with Crippen LogP contribution >= 0.6 is 0 Å². The van der Waals surface area contributed by atoms with E-state index in [2.05, 4.69) is 0 Å². The number of rotatable bonds is 3. The average Bonchev–Trinajstić information content (AvgIpc) is 2.33. The highest BCUT2D eigenvalue weighted by atomic mass is 19.1. The highest BCUT2D eigenvalue weighted by molar-refractivity contribution is 5.94. The minimum Gasteiger partial charge on any atom is -0.454 e. The number of carbonyl (C=O) groups excluding carboxylic acids is 1. The molecule has 18 heavy (non-hydrogen) atoms. The van der Waals surface area contributed by atoms with Gasteiger partial charge in [0.05, 0.1) is 0 Å². The second-order valence-electron chi connectivity index (χ2n) is 3.76. The van der Waals surface area contributed by atoms with Gasteiger partial charge in [0.15, 0.2) is 17.3 Å². The van der Waals surface area contributed by atoms with Crippen LogP contribution in [0.15, 0.2) is 42.5 Å². The largest absolute Gasteiger partial charge is 0.454 e. The molecule has 0 aliphatic rings. The van der Waals surface area contributed by atoms with Crippen LogP contribution in [0, 0.1) is 11.6 Å². The Bertz CT molecular complexity index is 577. The summed E-state index contributed by atoms with van der Waals surface area (Å²) in [4.78, 5) is 11.1. The van der Waals surface area contributed by atoms with Crippen LogP contribution in [-0.2, 0) is 0 Å². The van der Waals surface area contributed by atoms with Gasteiger partial charge >= 0.3 is 0 Å². The van der Waals surface area contributed by atoms with E-state index in [1.54, 1.807) is 24.3 Å². The van der Waals surface area contributed by atoms with Gasteiger partial charge in [-0.2, -0.15) is 0 Å². The molecular formula is C14H10F2O2. The summed E-state index contributed by atoms with van der Waals surface area (Å²) in [5, 5.41) is 0. The number of Topliss-reactive ketones (excluding diaryl/α,β-unsaturated/α-hetero) is 1. The molecule has 0 radical (unpaired) electrons. The molecule has 0 unspecified atom stereocenters. The van der Waals surface area contributed by atoms with Gasteiger partial charge in [-0.1, -0.05) is 0 Å². The van der Waals surface area contributed by atoms with Gasteiger partial charge in [-0.3, -0.25) is 4.79 Å². The normalized spacial score (nSPS) is 10.2. The minimum atomic E-state index is -0.773. The summed E-state index contributed by atoms with van der Waals surface area (Å²) in [6.45, 7) is 1.45. The van der Waals surface area contributed by atoms with E-state index < -0.39 is 11.6 Å². The SMILES string of the molecule is CC(=O)c1ccc(Oc2ccc(F)cc2F)cc1. The molecule has 2 aromatic carbocycles. The van der Waals surface area contributed by atoms with E-state index in [4.69, 9.17) is 4.74 Å². The van der Waals surface area contributed by atoms with Gasteiger partial charge in [0.25, 0.3) is 0 Å². The smallest absolute Gasteiger partial charge is 0.168 e. The van der Waals surface area contributed by atoms with Crippen molar-refractivity contribution in [1.82, 2.24) is 0 Å². The van der Waals surface area contributed by atoms with Crippen molar-refractivity contribution in [1.29, 1.82) is 0 Å². The molecule has 0 fully saturated rings. The van der Waals surface area contributed by atoms with Crippen molar-refractivity contribution in [3.8, 4) is 11.5 Å². The van der Waals surface area contributed by atoms with Gasteiger partial charge in [-0.15, -0.1) is 0 Å². The number of ether oxygens (including phenoxy) is 1. The fraction of sp³-hybridized carbons (Fsp3) is 0.0714. The van der Waals surface area contributed by atoms with Crippen LogP contribution in [0.5, 0.6) is 11.5 Å². The topological polar surface area (TPSA) is 26.3 Å². The van der Waals surface area contributed by atoms with Crippen molar-refractivity contribution >= 4 is 5.78 Å². The lowest BCUT2D eigenvalue weighted by molar-refractivity contribution is 0.101. The summed E-state index contributed by atoms with van der Waals surface area (Å²) >= 11 is 0. The van der Waals surface area contributed by atoms with E-state index in [0.29, 0.717) is 11.3 Å². The summed E-state index contributed by atoms with van der Waals surface area (Å²) in [6, 6.07) is 9.35. The van der Waals surface area contributed by atoms with Crippen LogP contribution in [0.2, 0.25) is 0 Å². The Labute approximate surface area is 103 Å². The van der Waals surface area contributed by atoms with Crippen molar-refractivity contribution in [2.24, 2.45) is 0 Å². The number of hydrogen-bond acceptors (Lipinski definition) is 2. The monoisotopic (exact) mass is 248 g/mol. The van der Waals surface area contributed by atoms with Gasteiger partial charge in [0.2, 0.25) is 0 Å². The molecule has 0 aliphatic carbocycles. The van der Waals surface area contributed by atoms with E-state index >= 15 is 0 Å². The van der Waals surface area contributed by atoms with Gasteiger partial charge < -0.3 is 4.74 Å². The first-order valence-corrected chi connectivity index (χ1v) is 5.30. The quantitative estimate of drug-likeness (QED) is 0.768. The molecule has 0 amide bonds. The molecule has 0 N–H and O–H groups in total. The number of carbonyl (C=O) groups is 1. The Hall–Kier alpha value is -2.23. The molecule has 0 bridgehead atoms. The van der Waals surface area contributed by atoms with E-state index in [0.717, 1.165) is 12.1 Å². The Morgan fingerprint density at radius 1 is 1.06 bits per heavy atom. The van der Waals surface area contributed by atoms with Crippen molar-refractivity contribution in [2.75, 3.05) is 0 Å². The van der Waals surface area contributed by atoms with E-state index in [1.807, 2.05) is 0 Å². The molecule has 2 aromatic rings. The third-order valence-corrected chi connectivity index (χ3v) is 2.38. The maximum Gasteiger partial charge on any atom is 0.168 e. The zero-order valence-electron chi connectivity index (χ0n) is 9.61. The zero-order chi connectivity index (χ0) is 13.1. The second-order valence-corrected chi connectivity index (χ2v) is 3.76. The molecular weight excluding hydrogens is 238 g/mol. The maximum atomic E-state index is 13.3. The molecule has 2 nitrogen and oxygen atoms in total. The highest BCUT2D eigenvalue weighted by Gasteiger charge is 2.06. The summed E-state index contributed by atoms with van der Waals surface area (Å²) < 4.78 is 31.3. The van der Waals surface area contributed by atoms with E-state index in [1.165, 1.54) is 13.0 Å². The van der Waals surface area contributed by atoms with Crippen LogP contribution in [0.25, 0.3) is 0 Å². The van der Waals surface area contributed by atoms with Crippen LogP contribution in [-0.4, -0.2) is 5.78 Å². The molecule has 0 aliphatic heterocycles. The first-order chi connectivity index (χ1) is 8.56. The van der Waals surface area contributed by atoms with Crippen LogP contribution < -0.4 is 4.74 Å². The molecule has 92 valence electrons. The molecule has 0 spiro atoms. The maximum absolute atomic E-state index is 13.3. The summed E-state index contributed by atoms with van der Waals surface area (Å²) in [7, 11) is 0. The summed E-state index contributed by atoms with van der Waals surface area (Å²) in [5.41, 5.74) is 0.543. The molecule has 0 saturated heterocycles. The summed E-state index contributed by atoms with van der Waals surface area (Å²) in [5.74, 6) is -1.18. The van der Waals surface area contributed by atoms with Crippen LogP contribution in [0.3, 0.4) is 0 Å². The van der Waals surface area contributed by atoms with E-state index in [-0.39, 0.29) is 11.5 Å². The molecule has 0 aromatic heterocycles. The Morgan fingerprint density at radius 2 is 1.72 bits per heavy atom. The van der Waals surface area contributed by atoms with E-state index in [9.17, 15) is 13.6 Å². The second kappa shape index (κ2) is 4.96. The average molecular weight is 248 g/mol. The Morgan fingerprint density at radius 3 is 2.28 bits per heavy atom. The third-order valence-electron chi connectivity index (χ3n) is 2.38. The minimum absolute atomic E-state index is 0.0606. The fourth-order valence-corrected chi connectivity index (χ4v) is 1.44. The van der Waals surface area contributed by atoms with Gasteiger partial charge in [-0.05, 0) is 43.3 Å². The number of benzene rings is 2. The standard InChI is InChI=1S/C14H10F2O2/c1-9(17)10-2-5-12(6-3-10)18-14-7-4-11(15)8-13(14)16/h2-8H,1H3. The number of halogens is 2. The lowest BCUT2D eigenvalue weighted by Gasteiger charge is -2.07. The predicted molar refractivity (Wildman–Crippen MR) is 62.9 cm³/mol. The Balaban J connectivity index is 2.21. The predicted octanol–water partition coefficient (Wildman–Crippen LogP) is 3.96. The lowest BCUT2D eigenvalue weighted by Crippen LogP contribution is -1.93. The molecule has 0 atom stereocenters.